The molecule has 3 aromatic rings. The third-order valence-corrected chi connectivity index (χ3v) is 5.58. The Morgan fingerprint density at radius 1 is 0.763 bits per heavy atom. The molecule has 0 aliphatic heterocycles. The Kier molecular flexibility index (Phi) is 10.3. The summed E-state index contributed by atoms with van der Waals surface area (Å²) in [6.45, 7) is -0.100. The van der Waals surface area contributed by atoms with E-state index in [1.165, 1.54) is 12.1 Å². The molecule has 9 nitrogen and oxygen atoms in total. The van der Waals surface area contributed by atoms with Gasteiger partial charge in [0.05, 0.1) is 19.0 Å². The first-order valence-corrected chi connectivity index (χ1v) is 12.0. The lowest BCUT2D eigenvalue weighted by Crippen LogP contribution is -2.41. The monoisotopic (exact) mass is 520 g/mol. The van der Waals surface area contributed by atoms with Gasteiger partial charge >= 0.3 is 12.0 Å². The van der Waals surface area contributed by atoms with Crippen molar-refractivity contribution >= 4 is 23.8 Å². The summed E-state index contributed by atoms with van der Waals surface area (Å²) in [6, 6.07) is 21.4. The summed E-state index contributed by atoms with van der Waals surface area (Å²) in [4.78, 5) is 47.6. The highest BCUT2D eigenvalue weighted by Crippen LogP contribution is 2.23. The number of hydrogen-bond acceptors (Lipinski definition) is 4. The third kappa shape index (κ3) is 9.38. The summed E-state index contributed by atoms with van der Waals surface area (Å²) >= 11 is 0. The van der Waals surface area contributed by atoms with Gasteiger partial charge in [0.2, 0.25) is 11.8 Å². The molecule has 0 radical (unpaired) electrons. The van der Waals surface area contributed by atoms with Crippen molar-refractivity contribution in [3.63, 3.8) is 0 Å². The molecule has 0 aliphatic carbocycles. The van der Waals surface area contributed by atoms with Crippen LogP contribution in [-0.2, 0) is 20.9 Å². The largest absolute Gasteiger partial charge is 0.481 e. The number of carbonyl (C=O) groups excluding carboxylic acids is 3. The minimum Gasteiger partial charge on any atom is -0.481 e. The van der Waals surface area contributed by atoms with Crippen LogP contribution in [0.25, 0.3) is 11.1 Å². The number of rotatable bonds is 12. The van der Waals surface area contributed by atoms with E-state index in [0.29, 0.717) is 5.56 Å². The van der Waals surface area contributed by atoms with Crippen LogP contribution >= 0.6 is 0 Å². The van der Waals surface area contributed by atoms with Crippen molar-refractivity contribution in [1.82, 2.24) is 21.3 Å². The number of carboxylic acid groups (broad SMARTS) is 1. The molecule has 0 aliphatic rings. The highest BCUT2D eigenvalue weighted by molar-refractivity contribution is 5.85. The highest BCUT2D eigenvalue weighted by atomic mass is 19.1. The van der Waals surface area contributed by atoms with E-state index >= 15 is 0 Å². The zero-order valence-corrected chi connectivity index (χ0v) is 20.6. The van der Waals surface area contributed by atoms with Crippen LogP contribution in [0.2, 0.25) is 0 Å². The third-order valence-electron chi connectivity index (χ3n) is 5.58. The Bertz CT molecular complexity index is 1230. The van der Waals surface area contributed by atoms with Gasteiger partial charge < -0.3 is 26.4 Å². The fourth-order valence-electron chi connectivity index (χ4n) is 3.61. The van der Waals surface area contributed by atoms with Crippen LogP contribution in [-0.4, -0.2) is 42.0 Å². The van der Waals surface area contributed by atoms with Gasteiger partial charge in [-0.15, -0.1) is 0 Å². The fraction of sp³-hybridized carbons (Fsp3) is 0.214. The molecule has 0 bridgehead atoms. The highest BCUT2D eigenvalue weighted by Gasteiger charge is 2.18. The van der Waals surface area contributed by atoms with E-state index < -0.39 is 29.9 Å². The van der Waals surface area contributed by atoms with Crippen molar-refractivity contribution in [1.29, 1.82) is 0 Å². The summed E-state index contributed by atoms with van der Waals surface area (Å²) in [7, 11) is 0. The quantitative estimate of drug-likeness (QED) is 0.250. The lowest BCUT2D eigenvalue weighted by molar-refractivity contribution is -0.138. The van der Waals surface area contributed by atoms with E-state index in [2.05, 4.69) is 21.3 Å². The number of amides is 4. The van der Waals surface area contributed by atoms with E-state index in [1.807, 2.05) is 42.5 Å². The summed E-state index contributed by atoms with van der Waals surface area (Å²) in [6.07, 6.45) is -0.377. The second-order valence-electron chi connectivity index (χ2n) is 8.47. The van der Waals surface area contributed by atoms with Crippen molar-refractivity contribution in [3.8, 4) is 11.1 Å². The number of aliphatic carboxylic acids is 1. The molecule has 0 saturated carbocycles. The molecule has 0 spiro atoms. The molecule has 3 rings (SSSR count). The Balaban J connectivity index is 1.40. The first-order valence-electron chi connectivity index (χ1n) is 12.0. The normalized spacial score (nSPS) is 11.2. The van der Waals surface area contributed by atoms with Crippen LogP contribution in [0, 0.1) is 5.82 Å². The molecule has 0 heterocycles. The van der Waals surface area contributed by atoms with Gasteiger partial charge in [-0.1, -0.05) is 66.7 Å². The van der Waals surface area contributed by atoms with E-state index in [9.17, 15) is 28.7 Å². The topological polar surface area (TPSA) is 137 Å². The Labute approximate surface area is 219 Å². The summed E-state index contributed by atoms with van der Waals surface area (Å²) in [5, 5.41) is 19.5. The summed E-state index contributed by atoms with van der Waals surface area (Å²) in [5.41, 5.74) is 3.32. The van der Waals surface area contributed by atoms with Gasteiger partial charge in [-0.3, -0.25) is 14.4 Å². The zero-order valence-electron chi connectivity index (χ0n) is 20.6. The Morgan fingerprint density at radius 2 is 1.42 bits per heavy atom. The van der Waals surface area contributed by atoms with E-state index in [0.717, 1.165) is 16.7 Å². The van der Waals surface area contributed by atoms with E-state index in [4.69, 9.17) is 0 Å². The minimum atomic E-state index is -1.07. The zero-order chi connectivity index (χ0) is 27.3. The second-order valence-corrected chi connectivity index (χ2v) is 8.47. The molecule has 198 valence electrons. The average Bonchev–Trinajstić information content (AvgIpc) is 2.91. The molecular weight excluding hydrogens is 491 g/mol. The molecule has 1 unspecified atom stereocenters. The number of carboxylic acids is 1. The van der Waals surface area contributed by atoms with Gasteiger partial charge in [-0.25, -0.2) is 9.18 Å². The molecule has 3 aromatic carbocycles. The van der Waals surface area contributed by atoms with Crippen LogP contribution in [0.4, 0.5) is 9.18 Å². The smallest absolute Gasteiger partial charge is 0.315 e. The van der Waals surface area contributed by atoms with Gasteiger partial charge in [0.15, 0.2) is 0 Å². The van der Waals surface area contributed by atoms with Crippen LogP contribution in [0.15, 0.2) is 78.9 Å². The lowest BCUT2D eigenvalue weighted by atomic mass is 9.99. The van der Waals surface area contributed by atoms with Crippen molar-refractivity contribution in [2.45, 2.75) is 25.4 Å². The first-order chi connectivity index (χ1) is 18.3. The molecule has 0 saturated heterocycles. The predicted octanol–water partition coefficient (Wildman–Crippen LogP) is 3.13. The average molecular weight is 521 g/mol. The van der Waals surface area contributed by atoms with Crippen LogP contribution in [0.1, 0.15) is 30.0 Å². The first kappa shape index (κ1) is 27.9. The molecule has 5 N–H and O–H groups in total. The summed E-state index contributed by atoms with van der Waals surface area (Å²) in [5.74, 6) is -2.44. The van der Waals surface area contributed by atoms with E-state index in [-0.39, 0.29) is 38.3 Å². The van der Waals surface area contributed by atoms with Crippen LogP contribution in [0.3, 0.4) is 0 Å². The second kappa shape index (κ2) is 14.1. The number of nitrogens with one attached hydrogen (secondary N) is 4. The van der Waals surface area contributed by atoms with Gasteiger partial charge in [0, 0.05) is 19.5 Å². The number of urea groups is 1. The van der Waals surface area contributed by atoms with Gasteiger partial charge in [-0.2, -0.15) is 0 Å². The lowest BCUT2D eigenvalue weighted by Gasteiger charge is -2.18. The minimum absolute atomic E-state index is 0.0398. The molecule has 38 heavy (non-hydrogen) atoms. The Morgan fingerprint density at radius 3 is 2.08 bits per heavy atom. The SMILES string of the molecule is O=C(O)CC(NC(=O)CNC(=O)CCNC(=O)NCc1ccc(F)cc1)c1ccc(-c2ccccc2)cc1. The van der Waals surface area contributed by atoms with Gasteiger partial charge in [-0.05, 0) is 34.4 Å². The molecule has 0 fully saturated rings. The maximum atomic E-state index is 12.9. The number of halogens is 1. The number of benzene rings is 3. The maximum absolute atomic E-state index is 12.9. The van der Waals surface area contributed by atoms with E-state index in [1.54, 1.807) is 24.3 Å². The number of carbonyl (C=O) groups is 4. The molecular formula is C28H29FN4O5. The fourth-order valence-corrected chi connectivity index (χ4v) is 3.61. The van der Waals surface area contributed by atoms with Crippen molar-refractivity contribution in [2.75, 3.05) is 13.1 Å². The maximum Gasteiger partial charge on any atom is 0.315 e. The van der Waals surface area contributed by atoms with Crippen LogP contribution < -0.4 is 21.3 Å². The van der Waals surface area contributed by atoms with Crippen LogP contribution in [0.5, 0.6) is 0 Å². The standard InChI is InChI=1S/C28H29FN4O5/c29-23-12-6-19(7-13-23)17-32-28(38)30-15-14-25(34)31-18-26(35)33-24(16-27(36)37)22-10-8-21(9-11-22)20-4-2-1-3-5-20/h1-13,24H,14-18H2,(H,31,34)(H,33,35)(H,36,37)(H2,30,32,38). The van der Waals surface area contributed by atoms with Gasteiger partial charge in [0.25, 0.3) is 0 Å². The molecule has 4 amide bonds. The van der Waals surface area contributed by atoms with Crippen molar-refractivity contribution < 1.29 is 28.7 Å². The molecule has 10 heteroatoms. The Hall–Kier alpha value is -4.73. The van der Waals surface area contributed by atoms with Crippen molar-refractivity contribution in [3.05, 3.63) is 95.8 Å². The molecule has 1 atom stereocenters. The number of hydrogen-bond donors (Lipinski definition) is 5. The van der Waals surface area contributed by atoms with Gasteiger partial charge in [0.1, 0.15) is 5.82 Å². The predicted molar refractivity (Wildman–Crippen MR) is 139 cm³/mol. The van der Waals surface area contributed by atoms with Crippen molar-refractivity contribution in [2.24, 2.45) is 0 Å². The summed E-state index contributed by atoms with van der Waals surface area (Å²) < 4.78 is 12.9. The molecule has 0 aromatic heterocycles.